The van der Waals surface area contributed by atoms with Gasteiger partial charge in [-0.05, 0) is 33.7 Å². The lowest BCUT2D eigenvalue weighted by molar-refractivity contribution is 0.194. The standard InChI is InChI=1S/C12H23N3O/c1-5-15-11(3)12(10(2)14-15)9-13-7-6-8-16-4/h13H,5-9H2,1-4H3. The Bertz CT molecular complexity index is 320. The number of hydrogen-bond donors (Lipinski definition) is 1. The van der Waals surface area contributed by atoms with Gasteiger partial charge >= 0.3 is 0 Å². The molecule has 0 aliphatic rings. The molecular weight excluding hydrogens is 202 g/mol. The highest BCUT2D eigenvalue weighted by atomic mass is 16.5. The number of ether oxygens (including phenoxy) is 1. The summed E-state index contributed by atoms with van der Waals surface area (Å²) in [4.78, 5) is 0. The molecule has 1 rings (SSSR count). The Hall–Kier alpha value is -0.870. The van der Waals surface area contributed by atoms with Gasteiger partial charge in [0, 0.05) is 38.1 Å². The monoisotopic (exact) mass is 225 g/mol. The van der Waals surface area contributed by atoms with E-state index in [1.54, 1.807) is 7.11 Å². The van der Waals surface area contributed by atoms with E-state index in [2.05, 4.69) is 35.9 Å². The summed E-state index contributed by atoms with van der Waals surface area (Å²) >= 11 is 0. The fourth-order valence-electron chi connectivity index (χ4n) is 1.85. The minimum absolute atomic E-state index is 0.819. The highest BCUT2D eigenvalue weighted by Crippen LogP contribution is 2.12. The summed E-state index contributed by atoms with van der Waals surface area (Å²) in [6, 6.07) is 0. The van der Waals surface area contributed by atoms with E-state index >= 15 is 0 Å². The Balaban J connectivity index is 2.44. The van der Waals surface area contributed by atoms with Gasteiger partial charge in [0.25, 0.3) is 0 Å². The largest absolute Gasteiger partial charge is 0.385 e. The van der Waals surface area contributed by atoms with Gasteiger partial charge in [0.1, 0.15) is 0 Å². The Labute approximate surface area is 98.0 Å². The maximum Gasteiger partial charge on any atom is 0.0641 e. The molecule has 0 atom stereocenters. The van der Waals surface area contributed by atoms with Crippen molar-refractivity contribution >= 4 is 0 Å². The molecule has 4 heteroatoms. The van der Waals surface area contributed by atoms with Crippen LogP contribution in [0.3, 0.4) is 0 Å². The summed E-state index contributed by atoms with van der Waals surface area (Å²) in [5, 5.41) is 7.92. The van der Waals surface area contributed by atoms with Crippen molar-refractivity contribution < 1.29 is 4.74 Å². The second-order valence-corrected chi connectivity index (χ2v) is 3.99. The number of aryl methyl sites for hydroxylation is 2. The molecule has 0 amide bonds. The average Bonchev–Trinajstić information content (AvgIpc) is 2.55. The molecule has 0 aliphatic carbocycles. The summed E-state index contributed by atoms with van der Waals surface area (Å²) in [6.45, 7) is 9.98. The van der Waals surface area contributed by atoms with Crippen LogP contribution >= 0.6 is 0 Å². The molecule has 1 heterocycles. The molecule has 0 saturated heterocycles. The topological polar surface area (TPSA) is 39.1 Å². The number of nitrogens with one attached hydrogen (secondary N) is 1. The third-order valence-electron chi connectivity index (χ3n) is 2.83. The lowest BCUT2D eigenvalue weighted by Crippen LogP contribution is -2.17. The first-order chi connectivity index (χ1) is 7.70. The van der Waals surface area contributed by atoms with Crippen molar-refractivity contribution in [2.45, 2.75) is 40.3 Å². The predicted octanol–water partition coefficient (Wildman–Crippen LogP) is 1.65. The molecule has 0 fully saturated rings. The van der Waals surface area contributed by atoms with Crippen molar-refractivity contribution in [3.8, 4) is 0 Å². The molecule has 0 aliphatic heterocycles. The van der Waals surface area contributed by atoms with Crippen molar-refractivity contribution in [1.82, 2.24) is 15.1 Å². The normalized spacial score (nSPS) is 11.0. The van der Waals surface area contributed by atoms with Gasteiger partial charge in [-0.3, -0.25) is 4.68 Å². The van der Waals surface area contributed by atoms with Gasteiger partial charge in [-0.2, -0.15) is 5.10 Å². The second-order valence-electron chi connectivity index (χ2n) is 3.99. The molecule has 0 spiro atoms. The van der Waals surface area contributed by atoms with Crippen molar-refractivity contribution in [3.63, 3.8) is 0 Å². The Kier molecular flexibility index (Phi) is 5.49. The van der Waals surface area contributed by atoms with Crippen molar-refractivity contribution in [2.75, 3.05) is 20.3 Å². The van der Waals surface area contributed by atoms with Crippen LogP contribution in [0.1, 0.15) is 30.3 Å². The number of methoxy groups -OCH3 is 1. The average molecular weight is 225 g/mol. The summed E-state index contributed by atoms with van der Waals surface area (Å²) in [5.41, 5.74) is 3.75. The maximum absolute atomic E-state index is 5.01. The molecule has 1 N–H and O–H groups in total. The molecule has 1 aromatic heterocycles. The number of aromatic nitrogens is 2. The first-order valence-corrected chi connectivity index (χ1v) is 5.93. The molecule has 0 unspecified atom stereocenters. The van der Waals surface area contributed by atoms with Gasteiger partial charge in [-0.1, -0.05) is 0 Å². The second kappa shape index (κ2) is 6.66. The molecule has 0 saturated carbocycles. The zero-order valence-corrected chi connectivity index (χ0v) is 10.8. The lowest BCUT2D eigenvalue weighted by Gasteiger charge is -2.05. The van der Waals surface area contributed by atoms with E-state index in [-0.39, 0.29) is 0 Å². The van der Waals surface area contributed by atoms with Crippen LogP contribution in [0.5, 0.6) is 0 Å². The van der Waals surface area contributed by atoms with Crippen molar-refractivity contribution in [2.24, 2.45) is 0 Å². The Morgan fingerprint density at radius 2 is 2.12 bits per heavy atom. The molecule has 0 radical (unpaired) electrons. The van der Waals surface area contributed by atoms with Crippen molar-refractivity contribution in [3.05, 3.63) is 17.0 Å². The molecule has 0 bridgehead atoms. The minimum Gasteiger partial charge on any atom is -0.385 e. The molecule has 16 heavy (non-hydrogen) atoms. The third kappa shape index (κ3) is 3.32. The molecule has 4 nitrogen and oxygen atoms in total. The lowest BCUT2D eigenvalue weighted by atomic mass is 10.2. The summed E-state index contributed by atoms with van der Waals surface area (Å²) in [7, 11) is 1.74. The summed E-state index contributed by atoms with van der Waals surface area (Å²) < 4.78 is 7.06. The van der Waals surface area contributed by atoms with Crippen LogP contribution in [0, 0.1) is 13.8 Å². The summed E-state index contributed by atoms with van der Waals surface area (Å²) in [5.74, 6) is 0. The summed E-state index contributed by atoms with van der Waals surface area (Å²) in [6.07, 6.45) is 1.05. The first-order valence-electron chi connectivity index (χ1n) is 5.93. The van der Waals surface area contributed by atoms with E-state index in [1.807, 2.05) is 0 Å². The molecule has 1 aromatic rings. The number of hydrogen-bond acceptors (Lipinski definition) is 3. The van der Waals surface area contributed by atoms with Crippen molar-refractivity contribution in [1.29, 1.82) is 0 Å². The fraction of sp³-hybridized carbons (Fsp3) is 0.750. The van der Waals surface area contributed by atoms with Gasteiger partial charge in [-0.15, -0.1) is 0 Å². The van der Waals surface area contributed by atoms with Crippen LogP contribution < -0.4 is 5.32 Å². The van der Waals surface area contributed by atoms with Crippen LogP contribution in [-0.2, 0) is 17.8 Å². The van der Waals surface area contributed by atoms with Gasteiger partial charge in [0.15, 0.2) is 0 Å². The van der Waals surface area contributed by atoms with Gasteiger partial charge in [-0.25, -0.2) is 0 Å². The van der Waals surface area contributed by atoms with Crippen LogP contribution in [0.4, 0.5) is 0 Å². The predicted molar refractivity (Wildman–Crippen MR) is 65.6 cm³/mol. The smallest absolute Gasteiger partial charge is 0.0641 e. The highest BCUT2D eigenvalue weighted by Gasteiger charge is 2.09. The van der Waals surface area contributed by atoms with Crippen LogP contribution in [0.15, 0.2) is 0 Å². The first kappa shape index (κ1) is 13.2. The zero-order valence-electron chi connectivity index (χ0n) is 10.8. The van der Waals surface area contributed by atoms with Crippen LogP contribution in [0.2, 0.25) is 0 Å². The maximum atomic E-state index is 5.01. The van der Waals surface area contributed by atoms with Gasteiger partial charge < -0.3 is 10.1 Å². The highest BCUT2D eigenvalue weighted by molar-refractivity contribution is 5.24. The van der Waals surface area contributed by atoms with E-state index in [9.17, 15) is 0 Å². The minimum atomic E-state index is 0.819. The van der Waals surface area contributed by atoms with Gasteiger partial charge in [0.2, 0.25) is 0 Å². The van der Waals surface area contributed by atoms with Crippen LogP contribution in [-0.4, -0.2) is 30.0 Å². The SMILES string of the molecule is CCn1nc(C)c(CNCCCOC)c1C. The van der Waals surface area contributed by atoms with E-state index in [4.69, 9.17) is 4.74 Å². The van der Waals surface area contributed by atoms with E-state index in [0.29, 0.717) is 0 Å². The quantitative estimate of drug-likeness (QED) is 0.717. The Morgan fingerprint density at radius 3 is 2.69 bits per heavy atom. The van der Waals surface area contributed by atoms with E-state index in [0.717, 1.165) is 38.4 Å². The molecule has 0 aromatic carbocycles. The third-order valence-corrected chi connectivity index (χ3v) is 2.83. The van der Waals surface area contributed by atoms with E-state index < -0.39 is 0 Å². The molecular formula is C12H23N3O. The number of rotatable bonds is 7. The van der Waals surface area contributed by atoms with Gasteiger partial charge in [0.05, 0.1) is 5.69 Å². The van der Waals surface area contributed by atoms with Crippen LogP contribution in [0.25, 0.3) is 0 Å². The Morgan fingerprint density at radius 1 is 1.38 bits per heavy atom. The molecule has 92 valence electrons. The zero-order chi connectivity index (χ0) is 12.0. The fourth-order valence-corrected chi connectivity index (χ4v) is 1.85. The van der Waals surface area contributed by atoms with E-state index in [1.165, 1.54) is 11.3 Å². The number of nitrogens with zero attached hydrogens (tertiary/aromatic N) is 2.